The van der Waals surface area contributed by atoms with Crippen molar-refractivity contribution in [1.29, 1.82) is 0 Å². The highest BCUT2D eigenvalue weighted by Crippen LogP contribution is 2.19. The van der Waals surface area contributed by atoms with Crippen molar-refractivity contribution in [3.8, 4) is 0 Å². The van der Waals surface area contributed by atoms with E-state index in [2.05, 4.69) is 0 Å². The van der Waals surface area contributed by atoms with E-state index >= 15 is 0 Å². The number of carboxylic acid groups (broad SMARTS) is 1. The predicted octanol–water partition coefficient (Wildman–Crippen LogP) is 1.89. The van der Waals surface area contributed by atoms with Gasteiger partial charge >= 0.3 is 5.97 Å². The number of hydrogen-bond acceptors (Lipinski definition) is 2. The van der Waals surface area contributed by atoms with Crippen LogP contribution in [0.2, 0.25) is 0 Å². The Kier molecular flexibility index (Phi) is 4.06. The first-order valence-corrected chi connectivity index (χ1v) is 5.48. The highest BCUT2D eigenvalue weighted by Gasteiger charge is 2.38. The van der Waals surface area contributed by atoms with E-state index in [-0.39, 0.29) is 12.4 Å². The molecule has 0 unspecified atom stereocenters. The molecule has 1 N–H and O–H groups in total. The summed E-state index contributed by atoms with van der Waals surface area (Å²) >= 11 is 0. The van der Waals surface area contributed by atoms with E-state index in [0.29, 0.717) is 5.56 Å². The molecule has 98 valence electrons. The lowest BCUT2D eigenvalue weighted by Crippen LogP contribution is -2.43. The summed E-state index contributed by atoms with van der Waals surface area (Å²) in [6.45, 7) is 2.87. The first-order chi connectivity index (χ1) is 8.25. The van der Waals surface area contributed by atoms with Crippen LogP contribution in [0.15, 0.2) is 24.3 Å². The number of hydrogen-bond donors (Lipinski definition) is 1. The second-order valence-electron chi connectivity index (χ2n) is 4.72. The third-order valence-electron chi connectivity index (χ3n) is 2.72. The second kappa shape index (κ2) is 5.16. The molecule has 0 heterocycles. The number of carbonyl (C=O) groups excluding carboxylic acids is 1. The van der Waals surface area contributed by atoms with Crippen LogP contribution >= 0.6 is 0 Å². The van der Waals surface area contributed by atoms with Gasteiger partial charge in [0.25, 0.3) is 0 Å². The Bertz CT molecular complexity index is 471. The van der Waals surface area contributed by atoms with Crippen LogP contribution in [0.1, 0.15) is 19.4 Å². The van der Waals surface area contributed by atoms with Crippen molar-refractivity contribution in [2.45, 2.75) is 20.4 Å². The molecule has 0 fully saturated rings. The van der Waals surface area contributed by atoms with Crippen molar-refractivity contribution in [3.05, 3.63) is 35.6 Å². The van der Waals surface area contributed by atoms with Gasteiger partial charge in [-0.25, -0.2) is 4.39 Å². The molecule has 0 aromatic heterocycles. The summed E-state index contributed by atoms with van der Waals surface area (Å²) in [6.07, 6.45) is 0. The van der Waals surface area contributed by atoms with Crippen LogP contribution in [-0.4, -0.2) is 28.9 Å². The molecule has 0 saturated carbocycles. The largest absolute Gasteiger partial charge is 0.480 e. The van der Waals surface area contributed by atoms with Crippen molar-refractivity contribution in [1.82, 2.24) is 4.90 Å². The van der Waals surface area contributed by atoms with Crippen LogP contribution in [0.3, 0.4) is 0 Å². The Labute approximate surface area is 105 Å². The quantitative estimate of drug-likeness (QED) is 0.834. The van der Waals surface area contributed by atoms with E-state index in [1.165, 1.54) is 37.9 Å². The van der Waals surface area contributed by atoms with E-state index in [0.717, 1.165) is 0 Å². The molecule has 4 nitrogen and oxygen atoms in total. The lowest BCUT2D eigenvalue weighted by Gasteiger charge is -2.26. The van der Waals surface area contributed by atoms with E-state index in [1.54, 1.807) is 12.1 Å². The van der Waals surface area contributed by atoms with Gasteiger partial charge in [-0.3, -0.25) is 9.59 Å². The molecule has 1 rings (SSSR count). The second-order valence-corrected chi connectivity index (χ2v) is 4.72. The molecule has 0 atom stereocenters. The highest BCUT2D eigenvalue weighted by molar-refractivity contribution is 6.00. The fourth-order valence-electron chi connectivity index (χ4n) is 1.55. The van der Waals surface area contributed by atoms with Gasteiger partial charge in [0.05, 0.1) is 0 Å². The van der Waals surface area contributed by atoms with Crippen LogP contribution in [0.5, 0.6) is 0 Å². The molecular formula is C13H16FNO3. The normalized spacial score (nSPS) is 11.1. The van der Waals surface area contributed by atoms with Crippen LogP contribution < -0.4 is 0 Å². The SMILES string of the molecule is CN(Cc1cccc(F)c1)C(=O)C(C)(C)C(=O)O. The van der Waals surface area contributed by atoms with E-state index < -0.39 is 17.3 Å². The van der Waals surface area contributed by atoms with E-state index in [4.69, 9.17) is 5.11 Å². The monoisotopic (exact) mass is 253 g/mol. The minimum atomic E-state index is -1.48. The zero-order chi connectivity index (χ0) is 13.9. The summed E-state index contributed by atoms with van der Waals surface area (Å²) in [7, 11) is 1.50. The summed E-state index contributed by atoms with van der Waals surface area (Å²) in [6, 6.07) is 5.86. The zero-order valence-corrected chi connectivity index (χ0v) is 10.6. The third-order valence-corrected chi connectivity index (χ3v) is 2.72. The number of benzene rings is 1. The average Bonchev–Trinajstić information content (AvgIpc) is 2.27. The minimum Gasteiger partial charge on any atom is -0.480 e. The molecular weight excluding hydrogens is 237 g/mol. The van der Waals surface area contributed by atoms with Gasteiger partial charge in [-0.2, -0.15) is 0 Å². The Morgan fingerprint density at radius 2 is 2.00 bits per heavy atom. The molecule has 0 aliphatic heterocycles. The highest BCUT2D eigenvalue weighted by atomic mass is 19.1. The number of amides is 1. The van der Waals surface area contributed by atoms with Gasteiger partial charge in [-0.1, -0.05) is 12.1 Å². The first-order valence-electron chi connectivity index (χ1n) is 5.48. The van der Waals surface area contributed by atoms with Crippen molar-refractivity contribution in [2.24, 2.45) is 5.41 Å². The maximum Gasteiger partial charge on any atom is 0.318 e. The number of rotatable bonds is 4. The van der Waals surface area contributed by atoms with Crippen LogP contribution in [0.25, 0.3) is 0 Å². The molecule has 1 aromatic rings. The topological polar surface area (TPSA) is 57.6 Å². The summed E-state index contributed by atoms with van der Waals surface area (Å²) in [5, 5.41) is 8.96. The molecule has 0 saturated heterocycles. The van der Waals surface area contributed by atoms with Gasteiger partial charge in [-0.15, -0.1) is 0 Å². The Morgan fingerprint density at radius 1 is 1.39 bits per heavy atom. The molecule has 1 aromatic carbocycles. The number of carbonyl (C=O) groups is 2. The summed E-state index contributed by atoms with van der Waals surface area (Å²) in [5.74, 6) is -2.08. The molecule has 0 aliphatic rings. The van der Waals surface area contributed by atoms with E-state index in [1.807, 2.05) is 0 Å². The van der Waals surface area contributed by atoms with Gasteiger partial charge in [-0.05, 0) is 31.5 Å². The van der Waals surface area contributed by atoms with Gasteiger partial charge in [0, 0.05) is 13.6 Å². The van der Waals surface area contributed by atoms with Gasteiger partial charge in [0.15, 0.2) is 0 Å². The zero-order valence-electron chi connectivity index (χ0n) is 10.6. The number of carboxylic acids is 1. The molecule has 0 bridgehead atoms. The lowest BCUT2D eigenvalue weighted by molar-refractivity contribution is -0.157. The maximum absolute atomic E-state index is 13.0. The standard InChI is InChI=1S/C13H16FNO3/c1-13(2,12(17)18)11(16)15(3)8-9-5-4-6-10(14)7-9/h4-7H,8H2,1-3H3,(H,17,18). The number of halogens is 1. The van der Waals surface area contributed by atoms with Crippen LogP contribution in [0, 0.1) is 11.2 Å². The Balaban J connectivity index is 2.80. The molecule has 0 spiro atoms. The Hall–Kier alpha value is -1.91. The van der Waals surface area contributed by atoms with Gasteiger partial charge < -0.3 is 10.0 Å². The van der Waals surface area contributed by atoms with Gasteiger partial charge in [0.1, 0.15) is 11.2 Å². The fraction of sp³-hybridized carbons (Fsp3) is 0.385. The lowest BCUT2D eigenvalue weighted by atomic mass is 9.92. The number of nitrogens with zero attached hydrogens (tertiary/aromatic N) is 1. The van der Waals surface area contributed by atoms with Crippen LogP contribution in [-0.2, 0) is 16.1 Å². The molecule has 5 heteroatoms. The predicted molar refractivity (Wildman–Crippen MR) is 64.3 cm³/mol. The smallest absolute Gasteiger partial charge is 0.318 e. The first kappa shape index (κ1) is 14.2. The molecule has 0 aliphatic carbocycles. The Morgan fingerprint density at radius 3 is 2.50 bits per heavy atom. The summed E-state index contributed by atoms with van der Waals surface area (Å²) in [4.78, 5) is 24.2. The third kappa shape index (κ3) is 3.06. The molecule has 1 amide bonds. The van der Waals surface area contributed by atoms with E-state index in [9.17, 15) is 14.0 Å². The summed E-state index contributed by atoms with van der Waals surface area (Å²) < 4.78 is 13.0. The van der Waals surface area contributed by atoms with Crippen molar-refractivity contribution in [2.75, 3.05) is 7.05 Å². The summed E-state index contributed by atoms with van der Waals surface area (Å²) in [5.41, 5.74) is -0.866. The van der Waals surface area contributed by atoms with Crippen LogP contribution in [0.4, 0.5) is 4.39 Å². The van der Waals surface area contributed by atoms with Crippen molar-refractivity contribution >= 4 is 11.9 Å². The minimum absolute atomic E-state index is 0.174. The van der Waals surface area contributed by atoms with Gasteiger partial charge in [0.2, 0.25) is 5.91 Å². The molecule has 18 heavy (non-hydrogen) atoms. The average molecular weight is 253 g/mol. The maximum atomic E-state index is 13.0. The molecule has 0 radical (unpaired) electrons. The number of aliphatic carboxylic acids is 1. The fourth-order valence-corrected chi connectivity index (χ4v) is 1.55. The van der Waals surface area contributed by atoms with Crippen molar-refractivity contribution in [3.63, 3.8) is 0 Å². The van der Waals surface area contributed by atoms with Crippen molar-refractivity contribution < 1.29 is 19.1 Å².